The highest BCUT2D eigenvalue weighted by Gasteiger charge is 2.38. The van der Waals surface area contributed by atoms with Crippen molar-refractivity contribution in [3.8, 4) is 0 Å². The van der Waals surface area contributed by atoms with E-state index in [1.54, 1.807) is 11.0 Å². The molecule has 1 aliphatic carbocycles. The molecule has 3 aromatic rings. The zero-order chi connectivity index (χ0) is 19.5. The molecule has 0 radical (unpaired) electrons. The molecule has 1 aromatic carbocycles. The molecule has 6 nitrogen and oxygen atoms in total. The average molecular weight is 380 g/mol. The summed E-state index contributed by atoms with van der Waals surface area (Å²) in [5.41, 5.74) is 2.32. The largest absolute Gasteiger partial charge is 0.443 e. The predicted molar refractivity (Wildman–Crippen MR) is 103 cm³/mol. The molecule has 2 aliphatic rings. The third kappa shape index (κ3) is 3.00. The van der Waals surface area contributed by atoms with Crippen LogP contribution < -0.4 is 5.32 Å². The maximum absolute atomic E-state index is 13.6. The quantitative estimate of drug-likeness (QED) is 0.748. The highest BCUT2D eigenvalue weighted by molar-refractivity contribution is 5.95. The first-order valence-corrected chi connectivity index (χ1v) is 9.53. The number of amides is 1. The number of nitrogens with one attached hydrogen (secondary N) is 1. The number of rotatable bonds is 3. The minimum atomic E-state index is -0.291. The number of hydrogen-bond donors (Lipinski definition) is 1. The first-order chi connectivity index (χ1) is 13.4. The fraction of sp³-hybridized carbons (Fsp3) is 0.381. The van der Waals surface area contributed by atoms with E-state index in [0.29, 0.717) is 31.0 Å². The van der Waals surface area contributed by atoms with Crippen molar-refractivity contribution in [1.29, 1.82) is 0 Å². The van der Waals surface area contributed by atoms with Gasteiger partial charge in [-0.15, -0.1) is 0 Å². The van der Waals surface area contributed by atoms with Crippen LogP contribution in [0.25, 0.3) is 11.1 Å². The van der Waals surface area contributed by atoms with Gasteiger partial charge in [0.05, 0.1) is 5.39 Å². The van der Waals surface area contributed by atoms with Crippen molar-refractivity contribution in [2.45, 2.75) is 45.2 Å². The smallest absolute Gasteiger partial charge is 0.292 e. The van der Waals surface area contributed by atoms with E-state index in [1.807, 2.05) is 13.0 Å². The first kappa shape index (κ1) is 17.2. The van der Waals surface area contributed by atoms with E-state index in [2.05, 4.69) is 22.2 Å². The van der Waals surface area contributed by atoms with Crippen LogP contribution >= 0.6 is 0 Å². The molecule has 1 fully saturated rings. The van der Waals surface area contributed by atoms with E-state index in [9.17, 15) is 9.18 Å². The standard InChI is InChI=1S/C21H21FN4O2/c1-12-9-16-17(25-21(2)6-7-21)23-18(24-19(16)28-12)20(27)26-8-5-13-3-4-15(22)10-14(13)11-26/h3-4,9-10H,5-8,11H2,1-2H3,(H,23,24,25). The molecule has 1 amide bonds. The summed E-state index contributed by atoms with van der Waals surface area (Å²) in [4.78, 5) is 23.7. The number of fused-ring (bicyclic) bond motifs is 2. The van der Waals surface area contributed by atoms with Crippen molar-refractivity contribution < 1.29 is 13.6 Å². The van der Waals surface area contributed by atoms with Crippen LogP contribution in [-0.2, 0) is 13.0 Å². The molecule has 28 heavy (non-hydrogen) atoms. The van der Waals surface area contributed by atoms with Gasteiger partial charge in [-0.25, -0.2) is 9.37 Å². The number of benzene rings is 1. The summed E-state index contributed by atoms with van der Waals surface area (Å²) in [6.45, 7) is 4.88. The Morgan fingerprint density at radius 2 is 2.07 bits per heavy atom. The number of carbonyl (C=O) groups excluding carboxylic acids is 1. The zero-order valence-electron chi connectivity index (χ0n) is 15.9. The van der Waals surface area contributed by atoms with Crippen LogP contribution in [0.2, 0.25) is 0 Å². The Morgan fingerprint density at radius 1 is 1.25 bits per heavy atom. The number of aryl methyl sites for hydroxylation is 1. The van der Waals surface area contributed by atoms with Crippen molar-refractivity contribution in [2.24, 2.45) is 0 Å². The summed E-state index contributed by atoms with van der Waals surface area (Å²) >= 11 is 0. The van der Waals surface area contributed by atoms with E-state index in [-0.39, 0.29) is 23.1 Å². The van der Waals surface area contributed by atoms with Gasteiger partial charge in [-0.1, -0.05) is 6.07 Å². The lowest BCUT2D eigenvalue weighted by Crippen LogP contribution is -2.37. The molecule has 144 valence electrons. The molecule has 1 saturated carbocycles. The molecular formula is C21H21FN4O2. The SMILES string of the molecule is Cc1cc2c(NC3(C)CC3)nc(C(=O)N3CCc4ccc(F)cc4C3)nc2o1. The van der Waals surface area contributed by atoms with Gasteiger partial charge in [0.25, 0.3) is 5.91 Å². The summed E-state index contributed by atoms with van der Waals surface area (Å²) < 4.78 is 19.3. The van der Waals surface area contributed by atoms with Gasteiger partial charge in [0.15, 0.2) is 0 Å². The third-order valence-electron chi connectivity index (χ3n) is 5.60. The maximum Gasteiger partial charge on any atom is 0.292 e. The number of hydrogen-bond acceptors (Lipinski definition) is 5. The second-order valence-electron chi connectivity index (χ2n) is 8.05. The second kappa shape index (κ2) is 6.02. The lowest BCUT2D eigenvalue weighted by atomic mass is 9.99. The normalized spacial score (nSPS) is 17.5. The molecule has 3 heterocycles. The highest BCUT2D eigenvalue weighted by Crippen LogP contribution is 2.39. The number of halogens is 1. The summed E-state index contributed by atoms with van der Waals surface area (Å²) in [7, 11) is 0. The van der Waals surface area contributed by atoms with Gasteiger partial charge in [0.1, 0.15) is 17.4 Å². The topological polar surface area (TPSA) is 71.3 Å². The van der Waals surface area contributed by atoms with Gasteiger partial charge in [0.2, 0.25) is 11.5 Å². The lowest BCUT2D eigenvalue weighted by Gasteiger charge is -2.28. The van der Waals surface area contributed by atoms with E-state index in [1.165, 1.54) is 12.1 Å². The summed E-state index contributed by atoms with van der Waals surface area (Å²) in [6, 6.07) is 6.63. The molecule has 0 unspecified atom stereocenters. The molecule has 2 aromatic heterocycles. The fourth-order valence-corrected chi connectivity index (χ4v) is 3.67. The Hall–Kier alpha value is -2.96. The minimum Gasteiger partial charge on any atom is -0.443 e. The Kier molecular flexibility index (Phi) is 3.69. The second-order valence-corrected chi connectivity index (χ2v) is 8.05. The molecule has 5 rings (SSSR count). The van der Waals surface area contributed by atoms with Crippen LogP contribution in [-0.4, -0.2) is 32.9 Å². The van der Waals surface area contributed by atoms with Gasteiger partial charge >= 0.3 is 0 Å². The van der Waals surface area contributed by atoms with Crippen LogP contribution in [0.5, 0.6) is 0 Å². The third-order valence-corrected chi connectivity index (χ3v) is 5.60. The van der Waals surface area contributed by atoms with E-state index < -0.39 is 0 Å². The summed E-state index contributed by atoms with van der Waals surface area (Å²) in [5, 5.41) is 4.22. The average Bonchev–Trinajstić information content (AvgIpc) is 3.26. The maximum atomic E-state index is 13.6. The van der Waals surface area contributed by atoms with Crippen LogP contribution in [0.1, 0.15) is 47.3 Å². The van der Waals surface area contributed by atoms with Crippen molar-refractivity contribution in [1.82, 2.24) is 14.9 Å². The van der Waals surface area contributed by atoms with Gasteiger partial charge in [0, 0.05) is 18.6 Å². The molecular weight excluding hydrogens is 359 g/mol. The molecule has 0 bridgehead atoms. The molecule has 1 N–H and O–H groups in total. The van der Waals surface area contributed by atoms with E-state index >= 15 is 0 Å². The first-order valence-electron chi connectivity index (χ1n) is 9.53. The molecule has 0 atom stereocenters. The fourth-order valence-electron chi connectivity index (χ4n) is 3.67. The number of nitrogens with zero attached hydrogens (tertiary/aromatic N) is 3. The summed E-state index contributed by atoms with van der Waals surface area (Å²) in [5.74, 6) is 0.901. The number of furan rings is 1. The Bertz CT molecular complexity index is 1100. The molecule has 1 aliphatic heterocycles. The van der Waals surface area contributed by atoms with Gasteiger partial charge in [-0.05, 0) is 62.4 Å². The van der Waals surface area contributed by atoms with E-state index in [4.69, 9.17) is 4.42 Å². The zero-order valence-corrected chi connectivity index (χ0v) is 15.9. The Balaban J connectivity index is 1.49. The van der Waals surface area contributed by atoms with Crippen molar-refractivity contribution >= 4 is 22.8 Å². The number of carbonyl (C=O) groups is 1. The molecule has 7 heteroatoms. The van der Waals surface area contributed by atoms with Crippen molar-refractivity contribution in [3.63, 3.8) is 0 Å². The monoisotopic (exact) mass is 380 g/mol. The Labute approximate surface area is 161 Å². The number of anilines is 1. The van der Waals surface area contributed by atoms with E-state index in [0.717, 1.165) is 35.1 Å². The van der Waals surface area contributed by atoms with Gasteiger partial charge in [-0.3, -0.25) is 4.79 Å². The minimum absolute atomic E-state index is 0.00830. The predicted octanol–water partition coefficient (Wildman–Crippen LogP) is 3.83. The van der Waals surface area contributed by atoms with Crippen molar-refractivity contribution in [3.05, 3.63) is 52.8 Å². The molecule has 0 saturated heterocycles. The lowest BCUT2D eigenvalue weighted by molar-refractivity contribution is 0.0722. The van der Waals surface area contributed by atoms with Crippen LogP contribution in [0, 0.1) is 12.7 Å². The highest BCUT2D eigenvalue weighted by atomic mass is 19.1. The number of aromatic nitrogens is 2. The Morgan fingerprint density at radius 3 is 2.86 bits per heavy atom. The summed E-state index contributed by atoms with van der Waals surface area (Å²) in [6.07, 6.45) is 2.81. The van der Waals surface area contributed by atoms with Gasteiger partial charge in [-0.2, -0.15) is 4.98 Å². The molecule has 0 spiro atoms. The van der Waals surface area contributed by atoms with Crippen LogP contribution in [0.3, 0.4) is 0 Å². The van der Waals surface area contributed by atoms with Crippen molar-refractivity contribution in [2.75, 3.05) is 11.9 Å². The van der Waals surface area contributed by atoms with Crippen LogP contribution in [0.15, 0.2) is 28.7 Å². The van der Waals surface area contributed by atoms with Gasteiger partial charge < -0.3 is 14.6 Å². The van der Waals surface area contributed by atoms with Crippen LogP contribution in [0.4, 0.5) is 10.2 Å².